The van der Waals surface area contributed by atoms with E-state index in [4.69, 9.17) is 0 Å². The SMILES string of the molecule is CCN1CCN(C(=O)c2cc(F)c(F)c(Br)c2)CC1. The Kier molecular flexibility index (Phi) is 4.52. The molecule has 0 radical (unpaired) electrons. The van der Waals surface area contributed by atoms with Crippen LogP contribution in [0.25, 0.3) is 0 Å². The summed E-state index contributed by atoms with van der Waals surface area (Å²) in [5.74, 6) is -2.23. The van der Waals surface area contributed by atoms with E-state index in [0.717, 1.165) is 25.7 Å². The Labute approximate surface area is 119 Å². The van der Waals surface area contributed by atoms with E-state index in [-0.39, 0.29) is 15.9 Å². The van der Waals surface area contributed by atoms with Crippen molar-refractivity contribution in [2.45, 2.75) is 6.92 Å². The van der Waals surface area contributed by atoms with Gasteiger partial charge in [-0.3, -0.25) is 4.79 Å². The molecule has 0 spiro atoms. The summed E-state index contributed by atoms with van der Waals surface area (Å²) in [6.45, 7) is 5.88. The fraction of sp³-hybridized carbons (Fsp3) is 0.462. The number of amides is 1. The number of piperazine rings is 1. The van der Waals surface area contributed by atoms with E-state index < -0.39 is 11.6 Å². The number of halogens is 3. The third kappa shape index (κ3) is 3.12. The molecule has 1 aromatic carbocycles. The first-order valence-electron chi connectivity index (χ1n) is 6.19. The number of rotatable bonds is 2. The molecule has 19 heavy (non-hydrogen) atoms. The van der Waals surface area contributed by atoms with Crippen molar-refractivity contribution < 1.29 is 13.6 Å². The maximum absolute atomic E-state index is 13.3. The normalized spacial score (nSPS) is 16.7. The zero-order valence-electron chi connectivity index (χ0n) is 10.6. The third-order valence-corrected chi connectivity index (χ3v) is 3.91. The van der Waals surface area contributed by atoms with Crippen molar-refractivity contribution >= 4 is 21.8 Å². The van der Waals surface area contributed by atoms with Gasteiger partial charge in [0.15, 0.2) is 11.6 Å². The van der Waals surface area contributed by atoms with Gasteiger partial charge in [-0.25, -0.2) is 8.78 Å². The Bertz CT molecular complexity index is 465. The van der Waals surface area contributed by atoms with E-state index in [9.17, 15) is 13.6 Å². The summed E-state index contributed by atoms with van der Waals surface area (Å²) in [5.41, 5.74) is 0.177. The van der Waals surface area contributed by atoms with Crippen molar-refractivity contribution in [3.63, 3.8) is 0 Å². The largest absolute Gasteiger partial charge is 0.336 e. The summed E-state index contributed by atoms with van der Waals surface area (Å²) in [6.07, 6.45) is 0. The zero-order valence-corrected chi connectivity index (χ0v) is 12.2. The highest BCUT2D eigenvalue weighted by Gasteiger charge is 2.23. The van der Waals surface area contributed by atoms with Crippen LogP contribution in [0.15, 0.2) is 16.6 Å². The first-order valence-corrected chi connectivity index (χ1v) is 6.98. The molecule has 0 aliphatic carbocycles. The number of hydrogen-bond acceptors (Lipinski definition) is 2. The van der Waals surface area contributed by atoms with Crippen molar-refractivity contribution in [3.05, 3.63) is 33.8 Å². The molecule has 0 atom stereocenters. The monoisotopic (exact) mass is 332 g/mol. The molecule has 0 N–H and O–H groups in total. The molecule has 0 bridgehead atoms. The first-order chi connectivity index (χ1) is 9.02. The quantitative estimate of drug-likeness (QED) is 0.777. The summed E-state index contributed by atoms with van der Waals surface area (Å²) in [7, 11) is 0. The Morgan fingerprint density at radius 3 is 2.42 bits per heavy atom. The van der Waals surface area contributed by atoms with Crippen molar-refractivity contribution in [3.8, 4) is 0 Å². The van der Waals surface area contributed by atoms with E-state index in [1.165, 1.54) is 6.07 Å². The summed E-state index contributed by atoms with van der Waals surface area (Å²) in [4.78, 5) is 16.1. The summed E-state index contributed by atoms with van der Waals surface area (Å²) < 4.78 is 26.4. The standard InChI is InChI=1S/C13H15BrF2N2O/c1-2-17-3-5-18(6-4-17)13(19)9-7-10(14)12(16)11(15)8-9/h7-8H,2-6H2,1H3. The highest BCUT2D eigenvalue weighted by Crippen LogP contribution is 2.21. The van der Waals surface area contributed by atoms with E-state index >= 15 is 0 Å². The van der Waals surface area contributed by atoms with Gasteiger partial charge in [-0.2, -0.15) is 0 Å². The van der Waals surface area contributed by atoms with Gasteiger partial charge < -0.3 is 9.80 Å². The molecule has 1 heterocycles. The van der Waals surface area contributed by atoms with Crippen LogP contribution >= 0.6 is 15.9 Å². The average molecular weight is 333 g/mol. The van der Waals surface area contributed by atoms with Crippen molar-refractivity contribution in [2.75, 3.05) is 32.7 Å². The molecule has 0 aromatic heterocycles. The molecule has 6 heteroatoms. The number of likely N-dealkylation sites (N-methyl/N-ethyl adjacent to an activating group) is 1. The van der Waals surface area contributed by atoms with E-state index in [1.807, 2.05) is 0 Å². The van der Waals surface area contributed by atoms with E-state index in [0.29, 0.717) is 13.1 Å². The lowest BCUT2D eigenvalue weighted by atomic mass is 10.1. The molecule has 3 nitrogen and oxygen atoms in total. The maximum Gasteiger partial charge on any atom is 0.254 e. The number of nitrogens with zero attached hydrogens (tertiary/aromatic N) is 2. The van der Waals surface area contributed by atoms with Crippen LogP contribution in [0, 0.1) is 11.6 Å². The van der Waals surface area contributed by atoms with Crippen LogP contribution in [-0.4, -0.2) is 48.4 Å². The van der Waals surface area contributed by atoms with Crippen molar-refractivity contribution in [2.24, 2.45) is 0 Å². The van der Waals surface area contributed by atoms with Crippen LogP contribution in [0.1, 0.15) is 17.3 Å². The maximum atomic E-state index is 13.3. The molecule has 1 fully saturated rings. The molecular formula is C13H15BrF2N2O. The zero-order chi connectivity index (χ0) is 14.0. The number of hydrogen-bond donors (Lipinski definition) is 0. The summed E-state index contributed by atoms with van der Waals surface area (Å²) in [6, 6.07) is 2.28. The first kappa shape index (κ1) is 14.4. The van der Waals surface area contributed by atoms with Crippen LogP contribution in [0.5, 0.6) is 0 Å². The summed E-state index contributed by atoms with van der Waals surface area (Å²) in [5, 5.41) is 0. The van der Waals surface area contributed by atoms with Gasteiger partial charge >= 0.3 is 0 Å². The Hall–Kier alpha value is -1.01. The lowest BCUT2D eigenvalue weighted by Crippen LogP contribution is -2.48. The topological polar surface area (TPSA) is 23.6 Å². The molecule has 1 aromatic rings. The lowest BCUT2D eigenvalue weighted by Gasteiger charge is -2.34. The molecule has 2 rings (SSSR count). The van der Waals surface area contributed by atoms with Gasteiger partial charge in [0.05, 0.1) is 4.47 Å². The lowest BCUT2D eigenvalue weighted by molar-refractivity contribution is 0.0642. The molecule has 1 saturated heterocycles. The van der Waals surface area contributed by atoms with Crippen LogP contribution in [0.3, 0.4) is 0 Å². The van der Waals surface area contributed by atoms with Gasteiger partial charge in [0.1, 0.15) is 0 Å². The predicted molar refractivity (Wildman–Crippen MR) is 72.1 cm³/mol. The van der Waals surface area contributed by atoms with Crippen molar-refractivity contribution in [1.82, 2.24) is 9.80 Å². The summed E-state index contributed by atoms with van der Waals surface area (Å²) >= 11 is 2.92. The van der Waals surface area contributed by atoms with Crippen LogP contribution in [-0.2, 0) is 0 Å². The highest BCUT2D eigenvalue weighted by atomic mass is 79.9. The molecule has 1 amide bonds. The van der Waals surface area contributed by atoms with Gasteiger partial charge in [-0.05, 0) is 34.6 Å². The third-order valence-electron chi connectivity index (χ3n) is 3.34. The fourth-order valence-corrected chi connectivity index (χ4v) is 2.56. The van der Waals surface area contributed by atoms with Crippen LogP contribution in [0.2, 0.25) is 0 Å². The van der Waals surface area contributed by atoms with Gasteiger partial charge in [0.2, 0.25) is 0 Å². The van der Waals surface area contributed by atoms with Crippen molar-refractivity contribution in [1.29, 1.82) is 0 Å². The van der Waals surface area contributed by atoms with Crippen LogP contribution < -0.4 is 0 Å². The molecule has 0 saturated carbocycles. The second kappa shape index (κ2) is 5.96. The second-order valence-electron chi connectivity index (χ2n) is 4.48. The molecular weight excluding hydrogens is 318 g/mol. The molecule has 0 unspecified atom stereocenters. The number of carbonyl (C=O) groups excluding carboxylic acids is 1. The molecule has 104 valence electrons. The Balaban J connectivity index is 2.12. The average Bonchev–Trinajstić information content (AvgIpc) is 2.43. The minimum Gasteiger partial charge on any atom is -0.336 e. The predicted octanol–water partition coefficient (Wildman–Crippen LogP) is 2.51. The Morgan fingerprint density at radius 2 is 1.89 bits per heavy atom. The number of benzene rings is 1. The minimum absolute atomic E-state index is 0.0250. The van der Waals surface area contributed by atoms with Gasteiger partial charge in [-0.15, -0.1) is 0 Å². The minimum atomic E-state index is -1.01. The highest BCUT2D eigenvalue weighted by molar-refractivity contribution is 9.10. The molecule has 1 aliphatic heterocycles. The van der Waals surface area contributed by atoms with Gasteiger partial charge in [0.25, 0.3) is 5.91 Å². The van der Waals surface area contributed by atoms with E-state index in [2.05, 4.69) is 27.8 Å². The Morgan fingerprint density at radius 1 is 1.26 bits per heavy atom. The fourth-order valence-electron chi connectivity index (χ4n) is 2.13. The number of carbonyl (C=O) groups is 1. The smallest absolute Gasteiger partial charge is 0.254 e. The van der Waals surface area contributed by atoms with Gasteiger partial charge in [0, 0.05) is 31.7 Å². The second-order valence-corrected chi connectivity index (χ2v) is 5.33. The van der Waals surface area contributed by atoms with Gasteiger partial charge in [-0.1, -0.05) is 6.92 Å². The van der Waals surface area contributed by atoms with Crippen LogP contribution in [0.4, 0.5) is 8.78 Å². The van der Waals surface area contributed by atoms with E-state index in [1.54, 1.807) is 4.90 Å². The molecule has 1 aliphatic rings.